The highest BCUT2D eigenvalue weighted by Crippen LogP contribution is 2.36. The van der Waals surface area contributed by atoms with Gasteiger partial charge in [0.2, 0.25) is 0 Å². The number of hydrogen-bond donors (Lipinski definition) is 1. The molecule has 0 fully saturated rings. The van der Waals surface area contributed by atoms with E-state index < -0.39 is 4.92 Å². The lowest BCUT2D eigenvalue weighted by atomic mass is 9.89. The molecule has 0 aromatic heterocycles. The average Bonchev–Trinajstić information content (AvgIpc) is 2.72. The maximum Gasteiger partial charge on any atom is 0.269 e. The first-order valence-electron chi connectivity index (χ1n) is 9.08. The van der Waals surface area contributed by atoms with E-state index in [0.29, 0.717) is 11.6 Å². The standard InChI is InChI=1S/C22H19ClN2O3/c23-21-9-6-17(25(26)27)13-20(21)22-19-8-7-18(12-16(19)10-11-24-22)28-14-15-4-2-1-3-5-15/h1-9,12-13,22,24H,10-11,14H2. The number of nitrogens with zero attached hydrogens (tertiary/aromatic N) is 1. The summed E-state index contributed by atoms with van der Waals surface area (Å²) < 4.78 is 5.94. The number of nitro benzene ring substituents is 1. The number of halogens is 1. The first kappa shape index (κ1) is 18.5. The summed E-state index contributed by atoms with van der Waals surface area (Å²) in [6, 6.07) is 20.4. The van der Waals surface area contributed by atoms with Crippen molar-refractivity contribution in [3.05, 3.63) is 104 Å². The van der Waals surface area contributed by atoms with Crippen molar-refractivity contribution in [3.63, 3.8) is 0 Å². The average molecular weight is 395 g/mol. The summed E-state index contributed by atoms with van der Waals surface area (Å²) >= 11 is 6.36. The van der Waals surface area contributed by atoms with Gasteiger partial charge in [-0.15, -0.1) is 0 Å². The molecule has 0 aliphatic carbocycles. The van der Waals surface area contributed by atoms with Gasteiger partial charge in [0, 0.05) is 23.7 Å². The first-order chi connectivity index (χ1) is 13.6. The normalized spacial score (nSPS) is 15.7. The lowest BCUT2D eigenvalue weighted by Crippen LogP contribution is -2.30. The van der Waals surface area contributed by atoms with Crippen LogP contribution in [0.5, 0.6) is 5.75 Å². The second-order valence-electron chi connectivity index (χ2n) is 6.73. The Kier molecular flexibility index (Phi) is 5.28. The molecule has 1 N–H and O–H groups in total. The molecule has 1 atom stereocenters. The molecule has 1 unspecified atom stereocenters. The highest BCUT2D eigenvalue weighted by molar-refractivity contribution is 6.31. The Morgan fingerprint density at radius 2 is 1.89 bits per heavy atom. The van der Waals surface area contributed by atoms with Crippen LogP contribution in [0.2, 0.25) is 5.02 Å². The third kappa shape index (κ3) is 3.86. The molecule has 0 bridgehead atoms. The highest BCUT2D eigenvalue weighted by Gasteiger charge is 2.25. The summed E-state index contributed by atoms with van der Waals surface area (Å²) in [6.45, 7) is 1.27. The van der Waals surface area contributed by atoms with Crippen molar-refractivity contribution < 1.29 is 9.66 Å². The number of fused-ring (bicyclic) bond motifs is 1. The fraction of sp³-hybridized carbons (Fsp3) is 0.182. The Morgan fingerprint density at radius 3 is 2.68 bits per heavy atom. The third-order valence-electron chi connectivity index (χ3n) is 4.92. The van der Waals surface area contributed by atoms with Gasteiger partial charge in [-0.3, -0.25) is 10.1 Å². The molecule has 1 aliphatic heterocycles. The summed E-state index contributed by atoms with van der Waals surface area (Å²) in [7, 11) is 0. The molecule has 142 valence electrons. The van der Waals surface area contributed by atoms with E-state index in [-0.39, 0.29) is 11.7 Å². The van der Waals surface area contributed by atoms with Gasteiger partial charge in [-0.25, -0.2) is 0 Å². The van der Waals surface area contributed by atoms with Gasteiger partial charge >= 0.3 is 0 Å². The van der Waals surface area contributed by atoms with Crippen LogP contribution in [0.15, 0.2) is 66.7 Å². The van der Waals surface area contributed by atoms with Crippen LogP contribution in [0.4, 0.5) is 5.69 Å². The lowest BCUT2D eigenvalue weighted by Gasteiger charge is -2.28. The molecule has 5 nitrogen and oxygen atoms in total. The van der Waals surface area contributed by atoms with E-state index >= 15 is 0 Å². The molecule has 3 aromatic carbocycles. The minimum atomic E-state index is -0.399. The quantitative estimate of drug-likeness (QED) is 0.485. The number of benzene rings is 3. The molecule has 1 heterocycles. The van der Waals surface area contributed by atoms with Crippen molar-refractivity contribution in [1.82, 2.24) is 5.32 Å². The van der Waals surface area contributed by atoms with Crippen LogP contribution in [0, 0.1) is 10.1 Å². The molecule has 3 aromatic rings. The maximum absolute atomic E-state index is 11.2. The molecular formula is C22H19ClN2O3. The van der Waals surface area contributed by atoms with E-state index in [1.54, 1.807) is 12.1 Å². The van der Waals surface area contributed by atoms with E-state index in [0.717, 1.165) is 41.0 Å². The zero-order chi connectivity index (χ0) is 19.5. The fourth-order valence-electron chi connectivity index (χ4n) is 3.52. The molecule has 0 spiro atoms. The summed E-state index contributed by atoms with van der Waals surface area (Å²) in [4.78, 5) is 10.8. The highest BCUT2D eigenvalue weighted by atomic mass is 35.5. The predicted molar refractivity (Wildman–Crippen MR) is 109 cm³/mol. The molecule has 0 saturated heterocycles. The van der Waals surface area contributed by atoms with Crippen LogP contribution < -0.4 is 10.1 Å². The monoisotopic (exact) mass is 394 g/mol. The van der Waals surface area contributed by atoms with E-state index in [1.807, 2.05) is 42.5 Å². The number of non-ortho nitro benzene ring substituents is 1. The van der Waals surface area contributed by atoms with Crippen molar-refractivity contribution in [3.8, 4) is 5.75 Å². The zero-order valence-electron chi connectivity index (χ0n) is 15.1. The minimum absolute atomic E-state index is 0.0381. The van der Waals surface area contributed by atoms with Crippen molar-refractivity contribution >= 4 is 17.3 Å². The summed E-state index contributed by atoms with van der Waals surface area (Å²) in [5.41, 5.74) is 4.10. The van der Waals surface area contributed by atoms with Crippen LogP contribution in [-0.2, 0) is 13.0 Å². The van der Waals surface area contributed by atoms with E-state index in [4.69, 9.17) is 16.3 Å². The number of hydrogen-bond acceptors (Lipinski definition) is 4. The second-order valence-corrected chi connectivity index (χ2v) is 7.14. The molecule has 0 saturated carbocycles. The van der Waals surface area contributed by atoms with Gasteiger partial charge < -0.3 is 10.1 Å². The van der Waals surface area contributed by atoms with Crippen LogP contribution >= 0.6 is 11.6 Å². The fourth-order valence-corrected chi connectivity index (χ4v) is 3.74. The lowest BCUT2D eigenvalue weighted by molar-refractivity contribution is -0.384. The Balaban J connectivity index is 1.60. The number of nitro groups is 1. The smallest absolute Gasteiger partial charge is 0.269 e. The van der Waals surface area contributed by atoms with Crippen LogP contribution in [-0.4, -0.2) is 11.5 Å². The Morgan fingerprint density at radius 1 is 1.07 bits per heavy atom. The maximum atomic E-state index is 11.2. The molecule has 28 heavy (non-hydrogen) atoms. The second kappa shape index (κ2) is 8.00. The van der Waals surface area contributed by atoms with Crippen LogP contribution in [0.1, 0.15) is 28.3 Å². The van der Waals surface area contributed by atoms with Crippen LogP contribution in [0.25, 0.3) is 0 Å². The van der Waals surface area contributed by atoms with Crippen LogP contribution in [0.3, 0.4) is 0 Å². The molecule has 1 aliphatic rings. The summed E-state index contributed by atoms with van der Waals surface area (Å²) in [5, 5.41) is 15.1. The molecular weight excluding hydrogens is 376 g/mol. The zero-order valence-corrected chi connectivity index (χ0v) is 15.9. The van der Waals surface area contributed by atoms with Gasteiger partial charge in [-0.1, -0.05) is 48.0 Å². The van der Waals surface area contributed by atoms with E-state index in [2.05, 4.69) is 11.4 Å². The molecule has 0 radical (unpaired) electrons. The van der Waals surface area contributed by atoms with Gasteiger partial charge in [-0.2, -0.15) is 0 Å². The molecule has 4 rings (SSSR count). The number of ether oxygens (including phenoxy) is 1. The van der Waals surface area contributed by atoms with Gasteiger partial charge in [0.1, 0.15) is 12.4 Å². The van der Waals surface area contributed by atoms with Crippen molar-refractivity contribution in [2.24, 2.45) is 0 Å². The molecule has 6 heteroatoms. The number of nitrogens with one attached hydrogen (secondary N) is 1. The first-order valence-corrected chi connectivity index (χ1v) is 9.46. The third-order valence-corrected chi connectivity index (χ3v) is 5.26. The Bertz CT molecular complexity index is 1010. The van der Waals surface area contributed by atoms with Gasteiger partial charge in [0.05, 0.1) is 11.0 Å². The van der Waals surface area contributed by atoms with Crippen molar-refractivity contribution in [2.75, 3.05) is 6.54 Å². The minimum Gasteiger partial charge on any atom is -0.489 e. The summed E-state index contributed by atoms with van der Waals surface area (Å²) in [6.07, 6.45) is 0.862. The van der Waals surface area contributed by atoms with Gasteiger partial charge in [0.25, 0.3) is 5.69 Å². The van der Waals surface area contributed by atoms with Crippen molar-refractivity contribution in [1.29, 1.82) is 0 Å². The predicted octanol–water partition coefficient (Wildman–Crippen LogP) is 5.06. The van der Waals surface area contributed by atoms with E-state index in [9.17, 15) is 10.1 Å². The topological polar surface area (TPSA) is 64.4 Å². The van der Waals surface area contributed by atoms with Crippen molar-refractivity contribution in [2.45, 2.75) is 19.1 Å². The summed E-state index contributed by atoms with van der Waals surface area (Å²) in [5.74, 6) is 0.813. The molecule has 0 amide bonds. The Labute approximate surface area is 168 Å². The van der Waals surface area contributed by atoms with Gasteiger partial charge in [0.15, 0.2) is 0 Å². The van der Waals surface area contributed by atoms with Gasteiger partial charge in [-0.05, 0) is 46.9 Å². The largest absolute Gasteiger partial charge is 0.489 e. The Hall–Kier alpha value is -2.89. The SMILES string of the molecule is O=[N+]([O-])c1ccc(Cl)c(C2NCCc3cc(OCc4ccccc4)ccc32)c1. The number of rotatable bonds is 5. The van der Waals surface area contributed by atoms with E-state index in [1.165, 1.54) is 6.07 Å².